The van der Waals surface area contributed by atoms with Crippen molar-refractivity contribution in [3.8, 4) is 11.5 Å². The average Bonchev–Trinajstić information content (AvgIpc) is 3.62. The molecule has 1 saturated heterocycles. The Balaban J connectivity index is 1.30. The molecule has 5 aromatic rings. The number of carbonyl (C=O) groups excluding carboxylic acids is 1. The summed E-state index contributed by atoms with van der Waals surface area (Å²) in [6, 6.07) is 31.1. The summed E-state index contributed by atoms with van der Waals surface area (Å²) in [4.78, 5) is 20.5. The van der Waals surface area contributed by atoms with Crippen LogP contribution in [0.2, 0.25) is 5.02 Å². The van der Waals surface area contributed by atoms with E-state index in [1.165, 1.54) is 11.8 Å². The molecule has 0 N–H and O–H groups in total. The van der Waals surface area contributed by atoms with Gasteiger partial charge in [0.1, 0.15) is 12.4 Å². The number of carbonyl (C=O) groups is 1. The molecular formula is C34H27ClN2O4S. The first-order valence-corrected chi connectivity index (χ1v) is 14.7. The summed E-state index contributed by atoms with van der Waals surface area (Å²) in [6.45, 7) is 2.94. The van der Waals surface area contributed by atoms with Crippen molar-refractivity contribution in [2.24, 2.45) is 4.99 Å². The van der Waals surface area contributed by atoms with Crippen molar-refractivity contribution < 1.29 is 18.7 Å². The van der Waals surface area contributed by atoms with Gasteiger partial charge in [0.25, 0.3) is 5.91 Å². The SMILES string of the molecule is CCOc1cc(/C=C2\SC(=Nc3ccccc3)N(Cc3ccco3)C2=O)cc(Cl)c1OCc1cccc2ccccc12. The lowest BCUT2D eigenvalue weighted by atomic mass is 10.1. The van der Waals surface area contributed by atoms with E-state index in [0.29, 0.717) is 45.6 Å². The number of hydrogen-bond acceptors (Lipinski definition) is 6. The van der Waals surface area contributed by atoms with Gasteiger partial charge in [-0.2, -0.15) is 0 Å². The van der Waals surface area contributed by atoms with Gasteiger partial charge < -0.3 is 13.9 Å². The topological polar surface area (TPSA) is 64.3 Å². The van der Waals surface area contributed by atoms with Crippen LogP contribution in [0.1, 0.15) is 23.8 Å². The second-order valence-electron chi connectivity index (χ2n) is 9.50. The highest BCUT2D eigenvalue weighted by Crippen LogP contribution is 2.40. The predicted molar refractivity (Wildman–Crippen MR) is 169 cm³/mol. The lowest BCUT2D eigenvalue weighted by Gasteiger charge is -2.15. The van der Waals surface area contributed by atoms with Gasteiger partial charge in [-0.25, -0.2) is 4.99 Å². The minimum absolute atomic E-state index is 0.170. The van der Waals surface area contributed by atoms with E-state index in [2.05, 4.69) is 18.2 Å². The van der Waals surface area contributed by atoms with Crippen molar-refractivity contribution in [2.45, 2.75) is 20.1 Å². The van der Waals surface area contributed by atoms with E-state index in [9.17, 15) is 4.79 Å². The number of amides is 1. The third-order valence-electron chi connectivity index (χ3n) is 6.64. The molecular weight excluding hydrogens is 568 g/mol. The van der Waals surface area contributed by atoms with Crippen LogP contribution < -0.4 is 9.47 Å². The Morgan fingerprint density at radius 1 is 0.952 bits per heavy atom. The first-order chi connectivity index (χ1) is 20.6. The van der Waals surface area contributed by atoms with Gasteiger partial charge in [-0.15, -0.1) is 0 Å². The fourth-order valence-electron chi connectivity index (χ4n) is 4.70. The van der Waals surface area contributed by atoms with E-state index in [-0.39, 0.29) is 12.5 Å². The molecule has 1 aliphatic rings. The molecule has 0 aliphatic carbocycles. The summed E-state index contributed by atoms with van der Waals surface area (Å²) >= 11 is 8.07. The van der Waals surface area contributed by atoms with Crippen LogP contribution >= 0.6 is 23.4 Å². The molecule has 0 atom stereocenters. The second kappa shape index (κ2) is 12.6. The number of furan rings is 1. The van der Waals surface area contributed by atoms with E-state index in [1.807, 2.05) is 73.7 Å². The normalized spacial score (nSPS) is 15.2. The number of aliphatic imine (C=N–C) groups is 1. The fourth-order valence-corrected chi connectivity index (χ4v) is 5.97. The van der Waals surface area contributed by atoms with Crippen molar-refractivity contribution in [1.29, 1.82) is 0 Å². The number of fused-ring (bicyclic) bond motifs is 1. The molecule has 4 aromatic carbocycles. The molecule has 0 spiro atoms. The maximum atomic E-state index is 13.6. The predicted octanol–water partition coefficient (Wildman–Crippen LogP) is 8.87. The number of para-hydroxylation sites is 1. The number of rotatable bonds is 9. The van der Waals surface area contributed by atoms with Gasteiger partial charge in [-0.1, -0.05) is 72.3 Å². The van der Waals surface area contributed by atoms with Gasteiger partial charge in [0.15, 0.2) is 16.7 Å². The van der Waals surface area contributed by atoms with Crippen molar-refractivity contribution in [3.05, 3.63) is 130 Å². The highest BCUT2D eigenvalue weighted by atomic mass is 35.5. The Labute approximate surface area is 253 Å². The Morgan fingerprint density at radius 3 is 2.57 bits per heavy atom. The fraction of sp³-hybridized carbons (Fsp3) is 0.118. The monoisotopic (exact) mass is 594 g/mol. The Morgan fingerprint density at radius 2 is 1.76 bits per heavy atom. The zero-order valence-corrected chi connectivity index (χ0v) is 24.4. The molecule has 6 rings (SSSR count). The lowest BCUT2D eigenvalue weighted by Crippen LogP contribution is -2.28. The number of nitrogens with zero attached hydrogens (tertiary/aromatic N) is 2. The molecule has 0 unspecified atom stereocenters. The zero-order valence-electron chi connectivity index (χ0n) is 22.8. The zero-order chi connectivity index (χ0) is 28.9. The summed E-state index contributed by atoms with van der Waals surface area (Å²) in [5.41, 5.74) is 2.52. The van der Waals surface area contributed by atoms with Crippen LogP contribution in [0.3, 0.4) is 0 Å². The molecule has 1 fully saturated rings. The number of benzene rings is 4. The van der Waals surface area contributed by atoms with Gasteiger partial charge in [0, 0.05) is 0 Å². The summed E-state index contributed by atoms with van der Waals surface area (Å²) in [5, 5.41) is 3.24. The van der Waals surface area contributed by atoms with Crippen LogP contribution in [0.4, 0.5) is 5.69 Å². The summed E-state index contributed by atoms with van der Waals surface area (Å²) in [6.07, 6.45) is 3.40. The van der Waals surface area contributed by atoms with Crippen LogP contribution in [0.25, 0.3) is 16.8 Å². The largest absolute Gasteiger partial charge is 0.490 e. The van der Waals surface area contributed by atoms with Crippen LogP contribution in [0, 0.1) is 0 Å². The molecule has 0 saturated carbocycles. The third kappa shape index (κ3) is 6.08. The standard InChI is InChI=1S/C34H27ClN2O4S/c1-2-39-30-19-23(18-29(35)32(30)41-22-25-12-8-11-24-10-6-7-16-28(24)25)20-31-33(38)37(21-27-15-9-17-40-27)34(42-31)36-26-13-4-3-5-14-26/h3-20H,2,21-22H2,1H3/b31-20-,36-34?. The molecule has 1 aromatic heterocycles. The van der Waals surface area contributed by atoms with Crippen LogP contribution in [-0.2, 0) is 17.9 Å². The second-order valence-corrected chi connectivity index (χ2v) is 10.9. The molecule has 8 heteroatoms. The minimum atomic E-state index is -0.170. The summed E-state index contributed by atoms with van der Waals surface area (Å²) in [7, 11) is 0. The van der Waals surface area contributed by atoms with Gasteiger partial charge >= 0.3 is 0 Å². The molecule has 6 nitrogen and oxygen atoms in total. The van der Waals surface area contributed by atoms with Crippen LogP contribution in [0.5, 0.6) is 11.5 Å². The molecule has 210 valence electrons. The highest BCUT2D eigenvalue weighted by molar-refractivity contribution is 8.18. The van der Waals surface area contributed by atoms with Gasteiger partial charge in [0.2, 0.25) is 0 Å². The van der Waals surface area contributed by atoms with Gasteiger partial charge in [-0.05, 0) is 83.1 Å². The number of ether oxygens (including phenoxy) is 2. The number of halogens is 1. The highest BCUT2D eigenvalue weighted by Gasteiger charge is 2.34. The van der Waals surface area contributed by atoms with Crippen molar-refractivity contribution in [3.63, 3.8) is 0 Å². The lowest BCUT2D eigenvalue weighted by molar-refractivity contribution is -0.122. The minimum Gasteiger partial charge on any atom is -0.490 e. The molecule has 1 amide bonds. The third-order valence-corrected chi connectivity index (χ3v) is 7.93. The van der Waals surface area contributed by atoms with E-state index >= 15 is 0 Å². The van der Waals surface area contributed by atoms with Gasteiger partial charge in [0.05, 0.1) is 35.0 Å². The van der Waals surface area contributed by atoms with Crippen molar-refractivity contribution in [1.82, 2.24) is 4.90 Å². The average molecular weight is 595 g/mol. The first kappa shape index (κ1) is 27.7. The molecule has 0 bridgehead atoms. The van der Waals surface area contributed by atoms with Crippen molar-refractivity contribution in [2.75, 3.05) is 6.61 Å². The van der Waals surface area contributed by atoms with Crippen LogP contribution in [0.15, 0.2) is 118 Å². The first-order valence-electron chi connectivity index (χ1n) is 13.5. The van der Waals surface area contributed by atoms with Crippen molar-refractivity contribution >= 4 is 57.0 Å². The summed E-state index contributed by atoms with van der Waals surface area (Å²) in [5.74, 6) is 1.47. The maximum Gasteiger partial charge on any atom is 0.267 e. The van der Waals surface area contributed by atoms with Crippen LogP contribution in [-0.4, -0.2) is 22.6 Å². The molecule has 1 aliphatic heterocycles. The Kier molecular flexibility index (Phi) is 8.30. The molecule has 2 heterocycles. The number of thioether (sulfide) groups is 1. The Bertz CT molecular complexity index is 1780. The quantitative estimate of drug-likeness (QED) is 0.159. The Hall–Kier alpha value is -4.46. The molecule has 0 radical (unpaired) electrons. The number of amidine groups is 1. The van der Waals surface area contributed by atoms with E-state index < -0.39 is 0 Å². The van der Waals surface area contributed by atoms with E-state index in [1.54, 1.807) is 29.4 Å². The molecule has 42 heavy (non-hydrogen) atoms. The number of hydrogen-bond donors (Lipinski definition) is 0. The van der Waals surface area contributed by atoms with E-state index in [0.717, 1.165) is 27.6 Å². The maximum absolute atomic E-state index is 13.6. The van der Waals surface area contributed by atoms with E-state index in [4.69, 9.17) is 30.5 Å². The smallest absolute Gasteiger partial charge is 0.267 e. The summed E-state index contributed by atoms with van der Waals surface area (Å²) < 4.78 is 17.7. The van der Waals surface area contributed by atoms with Gasteiger partial charge in [-0.3, -0.25) is 9.69 Å².